The number of rotatable bonds is 7. The minimum Gasteiger partial charge on any atom is -0.494 e. The van der Waals surface area contributed by atoms with E-state index in [1.165, 1.54) is 5.56 Å². The molecule has 3 N–H and O–H groups in total. The minimum atomic E-state index is 0.218. The lowest BCUT2D eigenvalue weighted by atomic mass is 10.1. The second-order valence-corrected chi connectivity index (χ2v) is 4.53. The van der Waals surface area contributed by atoms with Crippen LogP contribution in [-0.2, 0) is 0 Å². The lowest BCUT2D eigenvalue weighted by Crippen LogP contribution is -2.33. The van der Waals surface area contributed by atoms with Crippen LogP contribution in [0.1, 0.15) is 38.8 Å². The van der Waals surface area contributed by atoms with Gasteiger partial charge in [-0.15, -0.1) is 0 Å². The van der Waals surface area contributed by atoms with Crippen LogP contribution in [0.4, 0.5) is 0 Å². The zero-order valence-corrected chi connectivity index (χ0v) is 11.1. The van der Waals surface area contributed by atoms with E-state index in [0.717, 1.165) is 18.8 Å². The Hall–Kier alpha value is -1.06. The van der Waals surface area contributed by atoms with Gasteiger partial charge in [0.25, 0.3) is 0 Å². The average Bonchev–Trinajstić information content (AvgIpc) is 2.34. The van der Waals surface area contributed by atoms with Crippen molar-refractivity contribution in [2.75, 3.05) is 13.2 Å². The van der Waals surface area contributed by atoms with Crippen molar-refractivity contribution in [3.05, 3.63) is 29.8 Å². The topological polar surface area (TPSA) is 47.3 Å². The standard InChI is InChI=1S/C14H24N2O/c1-4-9-17-13-7-5-12(6-8-13)14(10-15)16-11(2)3/h5-8,11,14,16H,4,9-10,15H2,1-3H3. The fourth-order valence-electron chi connectivity index (χ4n) is 1.72. The number of hydrogen-bond acceptors (Lipinski definition) is 3. The largest absolute Gasteiger partial charge is 0.494 e. The molecule has 0 spiro atoms. The molecule has 0 aliphatic rings. The van der Waals surface area contributed by atoms with Gasteiger partial charge in [-0.3, -0.25) is 0 Å². The molecule has 0 amide bonds. The van der Waals surface area contributed by atoms with Crippen molar-refractivity contribution in [2.24, 2.45) is 5.73 Å². The van der Waals surface area contributed by atoms with E-state index < -0.39 is 0 Å². The lowest BCUT2D eigenvalue weighted by molar-refractivity contribution is 0.317. The molecule has 0 aromatic heterocycles. The minimum absolute atomic E-state index is 0.218. The highest BCUT2D eigenvalue weighted by Crippen LogP contribution is 2.17. The van der Waals surface area contributed by atoms with Crippen molar-refractivity contribution in [3.8, 4) is 5.75 Å². The molecule has 1 aromatic rings. The van der Waals surface area contributed by atoms with E-state index in [-0.39, 0.29) is 6.04 Å². The Morgan fingerprint density at radius 2 is 1.88 bits per heavy atom. The van der Waals surface area contributed by atoms with E-state index in [0.29, 0.717) is 12.6 Å². The Balaban J connectivity index is 2.64. The first-order chi connectivity index (χ1) is 8.17. The number of benzene rings is 1. The molecule has 1 rings (SSSR count). The van der Waals surface area contributed by atoms with Crippen LogP contribution in [0.5, 0.6) is 5.75 Å². The molecule has 0 saturated heterocycles. The summed E-state index contributed by atoms with van der Waals surface area (Å²) in [6.45, 7) is 7.73. The van der Waals surface area contributed by atoms with E-state index in [9.17, 15) is 0 Å². The molecule has 96 valence electrons. The Labute approximate surface area is 104 Å². The van der Waals surface area contributed by atoms with Crippen LogP contribution >= 0.6 is 0 Å². The molecule has 0 bridgehead atoms. The number of hydrogen-bond donors (Lipinski definition) is 2. The summed E-state index contributed by atoms with van der Waals surface area (Å²) in [7, 11) is 0. The Morgan fingerprint density at radius 3 is 2.35 bits per heavy atom. The summed E-state index contributed by atoms with van der Waals surface area (Å²) in [6, 6.07) is 8.83. The monoisotopic (exact) mass is 236 g/mol. The predicted octanol–water partition coefficient (Wildman–Crippen LogP) is 2.47. The smallest absolute Gasteiger partial charge is 0.119 e. The van der Waals surface area contributed by atoms with Gasteiger partial charge >= 0.3 is 0 Å². The van der Waals surface area contributed by atoms with Gasteiger partial charge in [-0.25, -0.2) is 0 Å². The predicted molar refractivity (Wildman–Crippen MR) is 72.3 cm³/mol. The average molecular weight is 236 g/mol. The van der Waals surface area contributed by atoms with E-state index in [4.69, 9.17) is 10.5 Å². The van der Waals surface area contributed by atoms with Gasteiger partial charge in [0.15, 0.2) is 0 Å². The summed E-state index contributed by atoms with van der Waals surface area (Å²) in [5, 5.41) is 3.44. The fraction of sp³-hybridized carbons (Fsp3) is 0.571. The van der Waals surface area contributed by atoms with Crippen molar-refractivity contribution in [1.82, 2.24) is 5.32 Å². The number of ether oxygens (including phenoxy) is 1. The first kappa shape index (κ1) is 14.0. The van der Waals surface area contributed by atoms with Gasteiger partial charge < -0.3 is 15.8 Å². The van der Waals surface area contributed by atoms with Gasteiger partial charge in [0, 0.05) is 18.6 Å². The van der Waals surface area contributed by atoms with Gasteiger partial charge in [-0.2, -0.15) is 0 Å². The summed E-state index contributed by atoms with van der Waals surface area (Å²) >= 11 is 0. The molecule has 0 saturated carbocycles. The van der Waals surface area contributed by atoms with Gasteiger partial charge in [0.2, 0.25) is 0 Å². The quantitative estimate of drug-likeness (QED) is 0.764. The molecule has 0 aliphatic carbocycles. The Bertz CT molecular complexity index is 309. The molecule has 0 aliphatic heterocycles. The van der Waals surface area contributed by atoms with Crippen molar-refractivity contribution < 1.29 is 4.74 Å². The maximum atomic E-state index is 5.78. The summed E-state index contributed by atoms with van der Waals surface area (Å²) in [6.07, 6.45) is 1.03. The SMILES string of the molecule is CCCOc1ccc(C(CN)NC(C)C)cc1. The highest BCUT2D eigenvalue weighted by Gasteiger charge is 2.10. The third-order valence-electron chi connectivity index (χ3n) is 2.53. The second kappa shape index (κ2) is 7.30. The summed E-state index contributed by atoms with van der Waals surface area (Å²) in [5.74, 6) is 0.927. The van der Waals surface area contributed by atoms with E-state index >= 15 is 0 Å². The molecule has 1 unspecified atom stereocenters. The van der Waals surface area contributed by atoms with Crippen LogP contribution in [0.2, 0.25) is 0 Å². The van der Waals surface area contributed by atoms with Crippen LogP contribution in [-0.4, -0.2) is 19.2 Å². The highest BCUT2D eigenvalue weighted by atomic mass is 16.5. The zero-order chi connectivity index (χ0) is 12.7. The molecule has 17 heavy (non-hydrogen) atoms. The van der Waals surface area contributed by atoms with Crippen LogP contribution in [0.25, 0.3) is 0 Å². The molecule has 0 radical (unpaired) electrons. The molecule has 1 atom stereocenters. The Morgan fingerprint density at radius 1 is 1.24 bits per heavy atom. The van der Waals surface area contributed by atoms with Crippen molar-refractivity contribution >= 4 is 0 Å². The van der Waals surface area contributed by atoms with Gasteiger partial charge in [-0.05, 0) is 24.1 Å². The number of nitrogens with one attached hydrogen (secondary N) is 1. The van der Waals surface area contributed by atoms with Crippen molar-refractivity contribution in [2.45, 2.75) is 39.3 Å². The van der Waals surface area contributed by atoms with E-state index in [1.807, 2.05) is 12.1 Å². The van der Waals surface area contributed by atoms with Crippen LogP contribution in [0.15, 0.2) is 24.3 Å². The van der Waals surface area contributed by atoms with Crippen LogP contribution < -0.4 is 15.8 Å². The fourth-order valence-corrected chi connectivity index (χ4v) is 1.72. The van der Waals surface area contributed by atoms with E-state index in [1.54, 1.807) is 0 Å². The van der Waals surface area contributed by atoms with Crippen molar-refractivity contribution in [1.29, 1.82) is 0 Å². The molecular formula is C14H24N2O. The maximum Gasteiger partial charge on any atom is 0.119 e. The lowest BCUT2D eigenvalue weighted by Gasteiger charge is -2.20. The first-order valence-corrected chi connectivity index (χ1v) is 6.36. The molecular weight excluding hydrogens is 212 g/mol. The van der Waals surface area contributed by atoms with Gasteiger partial charge in [0.1, 0.15) is 5.75 Å². The van der Waals surface area contributed by atoms with E-state index in [2.05, 4.69) is 38.2 Å². The maximum absolute atomic E-state index is 5.78. The third kappa shape index (κ3) is 4.75. The second-order valence-electron chi connectivity index (χ2n) is 4.53. The molecule has 1 aromatic carbocycles. The van der Waals surface area contributed by atoms with Crippen molar-refractivity contribution in [3.63, 3.8) is 0 Å². The molecule has 0 fully saturated rings. The van der Waals surface area contributed by atoms with Gasteiger partial charge in [0.05, 0.1) is 6.61 Å². The molecule has 0 heterocycles. The molecule has 3 nitrogen and oxygen atoms in total. The summed E-state index contributed by atoms with van der Waals surface area (Å²) in [4.78, 5) is 0. The Kier molecular flexibility index (Phi) is 6.01. The third-order valence-corrected chi connectivity index (χ3v) is 2.53. The number of nitrogens with two attached hydrogens (primary N) is 1. The van der Waals surface area contributed by atoms with Gasteiger partial charge in [-0.1, -0.05) is 32.9 Å². The van der Waals surface area contributed by atoms with Crippen LogP contribution in [0.3, 0.4) is 0 Å². The highest BCUT2D eigenvalue weighted by molar-refractivity contribution is 5.29. The van der Waals surface area contributed by atoms with Crippen LogP contribution in [0, 0.1) is 0 Å². The zero-order valence-electron chi connectivity index (χ0n) is 11.1. The summed E-state index contributed by atoms with van der Waals surface area (Å²) < 4.78 is 5.55. The summed E-state index contributed by atoms with van der Waals surface area (Å²) in [5.41, 5.74) is 6.99. The first-order valence-electron chi connectivity index (χ1n) is 6.36. The molecule has 3 heteroatoms. The normalized spacial score (nSPS) is 12.8.